The van der Waals surface area contributed by atoms with Crippen LogP contribution in [0.4, 0.5) is 0 Å². The van der Waals surface area contributed by atoms with Gasteiger partial charge in [0.25, 0.3) is 0 Å². The molecule has 0 amide bonds. The van der Waals surface area contributed by atoms with Gasteiger partial charge in [0.05, 0.1) is 11.2 Å². The average Bonchev–Trinajstić information content (AvgIpc) is 2.67. The number of thioether (sulfide) groups is 1. The van der Waals surface area contributed by atoms with Crippen molar-refractivity contribution in [2.24, 2.45) is 0 Å². The summed E-state index contributed by atoms with van der Waals surface area (Å²) in [5.41, 5.74) is 0.0107. The Morgan fingerprint density at radius 3 is 2.56 bits per heavy atom. The summed E-state index contributed by atoms with van der Waals surface area (Å²) >= 11 is 2.12. The van der Waals surface area contributed by atoms with Gasteiger partial charge >= 0.3 is 0 Å². The first-order valence-electron chi connectivity index (χ1n) is 6.44. The first-order valence-corrected chi connectivity index (χ1v) is 7.49. The van der Waals surface area contributed by atoms with Gasteiger partial charge in [0.15, 0.2) is 0 Å². The van der Waals surface area contributed by atoms with Crippen LogP contribution < -0.4 is 5.32 Å². The van der Waals surface area contributed by atoms with E-state index < -0.39 is 0 Å². The third-order valence-corrected chi connectivity index (χ3v) is 5.09. The van der Waals surface area contributed by atoms with Crippen LogP contribution in [0.3, 0.4) is 0 Å². The molecule has 0 aromatic carbocycles. The third-order valence-electron chi connectivity index (χ3n) is 3.69. The fraction of sp³-hybridized carbons (Fsp3) is 1.00. The van der Waals surface area contributed by atoms with Crippen molar-refractivity contribution < 1.29 is 4.74 Å². The highest BCUT2D eigenvalue weighted by Crippen LogP contribution is 2.37. The molecule has 2 saturated heterocycles. The quantitative estimate of drug-likeness (QED) is 0.823. The van der Waals surface area contributed by atoms with E-state index in [1.54, 1.807) is 0 Å². The van der Waals surface area contributed by atoms with Crippen molar-refractivity contribution in [2.75, 3.05) is 12.3 Å². The highest BCUT2D eigenvalue weighted by atomic mass is 32.2. The van der Waals surface area contributed by atoms with E-state index in [9.17, 15) is 0 Å². The Kier molecular flexibility index (Phi) is 3.58. The molecule has 16 heavy (non-hydrogen) atoms. The van der Waals surface area contributed by atoms with Crippen molar-refractivity contribution in [3.8, 4) is 0 Å². The predicted octanol–water partition coefficient (Wildman–Crippen LogP) is 2.82. The van der Waals surface area contributed by atoms with Gasteiger partial charge in [-0.25, -0.2) is 0 Å². The summed E-state index contributed by atoms with van der Waals surface area (Å²) in [5, 5.41) is 4.56. The van der Waals surface area contributed by atoms with Crippen molar-refractivity contribution in [1.82, 2.24) is 5.32 Å². The van der Waals surface area contributed by atoms with Crippen molar-refractivity contribution >= 4 is 11.8 Å². The summed E-state index contributed by atoms with van der Waals surface area (Å²) in [6, 6.07) is 0.503. The van der Waals surface area contributed by atoms with Crippen LogP contribution in [0, 0.1) is 0 Å². The van der Waals surface area contributed by atoms with Crippen LogP contribution in [-0.4, -0.2) is 34.8 Å². The molecule has 2 rings (SSSR count). The SMILES string of the molecule is CC1(C)CC(NCC2CCCS2)C(C)(C)O1. The van der Waals surface area contributed by atoms with Crippen molar-refractivity contribution in [2.45, 2.75) is 69.5 Å². The maximum absolute atomic E-state index is 6.09. The van der Waals surface area contributed by atoms with Gasteiger partial charge in [0.2, 0.25) is 0 Å². The summed E-state index contributed by atoms with van der Waals surface area (Å²) in [4.78, 5) is 0. The molecule has 0 aromatic heterocycles. The van der Waals surface area contributed by atoms with E-state index in [1.165, 1.54) is 18.6 Å². The van der Waals surface area contributed by atoms with E-state index in [2.05, 4.69) is 44.8 Å². The Morgan fingerprint density at radius 1 is 1.31 bits per heavy atom. The van der Waals surface area contributed by atoms with E-state index in [0.29, 0.717) is 6.04 Å². The number of hydrogen-bond donors (Lipinski definition) is 1. The van der Waals surface area contributed by atoms with Gasteiger partial charge in [-0.05, 0) is 52.7 Å². The smallest absolute Gasteiger partial charge is 0.0787 e. The van der Waals surface area contributed by atoms with Gasteiger partial charge in [-0.3, -0.25) is 0 Å². The minimum Gasteiger partial charge on any atom is -0.368 e. The van der Waals surface area contributed by atoms with Crippen molar-refractivity contribution in [3.05, 3.63) is 0 Å². The first kappa shape index (κ1) is 12.7. The van der Waals surface area contributed by atoms with Gasteiger partial charge in [-0.1, -0.05) is 0 Å². The third kappa shape index (κ3) is 2.93. The van der Waals surface area contributed by atoms with Crippen LogP contribution in [-0.2, 0) is 4.74 Å². The van der Waals surface area contributed by atoms with Gasteiger partial charge in [-0.2, -0.15) is 11.8 Å². The molecule has 2 atom stereocenters. The summed E-state index contributed by atoms with van der Waals surface area (Å²) in [7, 11) is 0. The fourth-order valence-corrected chi connectivity index (χ4v) is 4.17. The number of ether oxygens (including phenoxy) is 1. The standard InChI is InChI=1S/C13H25NOS/c1-12(2)8-11(13(3,4)15-12)14-9-10-6-5-7-16-10/h10-11,14H,5-9H2,1-4H3. The number of rotatable bonds is 3. The molecule has 2 fully saturated rings. The maximum atomic E-state index is 6.09. The van der Waals surface area contributed by atoms with Crippen LogP contribution >= 0.6 is 11.8 Å². The molecular weight excluding hydrogens is 218 g/mol. The van der Waals surface area contributed by atoms with Crippen LogP contribution in [0.5, 0.6) is 0 Å². The second kappa shape index (κ2) is 4.51. The molecule has 2 nitrogen and oxygen atoms in total. The lowest BCUT2D eigenvalue weighted by Gasteiger charge is -2.28. The minimum absolute atomic E-state index is 0.0211. The molecule has 0 spiro atoms. The van der Waals surface area contributed by atoms with Crippen LogP contribution in [0.2, 0.25) is 0 Å². The zero-order valence-corrected chi connectivity index (χ0v) is 11.8. The minimum atomic E-state index is -0.0211. The molecule has 2 heterocycles. The molecule has 0 saturated carbocycles. The number of nitrogens with one attached hydrogen (secondary N) is 1. The monoisotopic (exact) mass is 243 g/mol. The second-order valence-corrected chi connectivity index (χ2v) is 7.67. The van der Waals surface area contributed by atoms with Gasteiger partial charge in [0.1, 0.15) is 0 Å². The second-order valence-electron chi connectivity index (χ2n) is 6.27. The molecule has 0 bridgehead atoms. The van der Waals surface area contributed by atoms with Gasteiger partial charge in [-0.15, -0.1) is 0 Å². The molecule has 94 valence electrons. The Labute approximate surface area is 104 Å². The van der Waals surface area contributed by atoms with Crippen LogP contribution in [0.1, 0.15) is 47.0 Å². The zero-order chi connectivity index (χ0) is 11.8. The molecule has 2 aliphatic rings. The van der Waals surface area contributed by atoms with E-state index in [0.717, 1.165) is 18.2 Å². The largest absolute Gasteiger partial charge is 0.368 e. The van der Waals surface area contributed by atoms with Crippen molar-refractivity contribution in [1.29, 1.82) is 0 Å². The predicted molar refractivity (Wildman–Crippen MR) is 71.1 cm³/mol. The lowest BCUT2D eigenvalue weighted by atomic mass is 9.94. The van der Waals surface area contributed by atoms with Gasteiger partial charge < -0.3 is 10.1 Å². The molecule has 1 N–H and O–H groups in total. The highest BCUT2D eigenvalue weighted by Gasteiger charge is 2.45. The molecule has 0 aromatic rings. The maximum Gasteiger partial charge on any atom is 0.0787 e. The van der Waals surface area contributed by atoms with E-state index >= 15 is 0 Å². The van der Waals surface area contributed by atoms with Gasteiger partial charge in [0, 0.05) is 17.8 Å². The van der Waals surface area contributed by atoms with Crippen LogP contribution in [0.25, 0.3) is 0 Å². The molecule has 0 radical (unpaired) electrons. The van der Waals surface area contributed by atoms with E-state index in [4.69, 9.17) is 4.74 Å². The summed E-state index contributed by atoms with van der Waals surface area (Å²) in [6.45, 7) is 9.96. The Morgan fingerprint density at radius 2 is 2.06 bits per heavy atom. The van der Waals surface area contributed by atoms with E-state index in [1.807, 2.05) is 0 Å². The summed E-state index contributed by atoms with van der Waals surface area (Å²) < 4.78 is 6.09. The molecular formula is C13H25NOS. The number of hydrogen-bond acceptors (Lipinski definition) is 3. The fourth-order valence-electron chi connectivity index (χ4n) is 2.96. The topological polar surface area (TPSA) is 21.3 Å². The normalized spacial score (nSPS) is 36.8. The molecule has 3 heteroatoms. The Bertz CT molecular complexity index is 246. The Balaban J connectivity index is 1.84. The molecule has 2 aliphatic heterocycles. The summed E-state index contributed by atoms with van der Waals surface area (Å²) in [5.74, 6) is 1.35. The van der Waals surface area contributed by atoms with E-state index in [-0.39, 0.29) is 11.2 Å². The molecule has 2 unspecified atom stereocenters. The lowest BCUT2D eigenvalue weighted by molar-refractivity contribution is -0.0697. The summed E-state index contributed by atoms with van der Waals surface area (Å²) in [6.07, 6.45) is 3.90. The lowest BCUT2D eigenvalue weighted by Crippen LogP contribution is -2.45. The Hall–Kier alpha value is 0.270. The van der Waals surface area contributed by atoms with Crippen molar-refractivity contribution in [3.63, 3.8) is 0 Å². The highest BCUT2D eigenvalue weighted by molar-refractivity contribution is 8.00. The average molecular weight is 243 g/mol. The molecule has 0 aliphatic carbocycles. The first-order chi connectivity index (χ1) is 7.39. The zero-order valence-electron chi connectivity index (χ0n) is 11.0. The van der Waals surface area contributed by atoms with Crippen LogP contribution in [0.15, 0.2) is 0 Å².